The van der Waals surface area contributed by atoms with Crippen molar-refractivity contribution in [3.8, 4) is 0 Å². The second-order valence-corrected chi connectivity index (χ2v) is 4.86. The number of rotatable bonds is 6. The Kier molecular flexibility index (Phi) is 5.22. The van der Waals surface area contributed by atoms with Crippen LogP contribution in [0.2, 0.25) is 0 Å². The maximum absolute atomic E-state index is 11.7. The van der Waals surface area contributed by atoms with Crippen LogP contribution >= 0.6 is 0 Å². The normalized spacial score (nSPS) is 20.7. The van der Waals surface area contributed by atoms with Crippen LogP contribution in [0.5, 0.6) is 0 Å². The minimum absolute atomic E-state index is 0.0290. The van der Waals surface area contributed by atoms with E-state index in [1.807, 2.05) is 13.8 Å². The second kappa shape index (κ2) is 6.21. The molecule has 1 fully saturated rings. The summed E-state index contributed by atoms with van der Waals surface area (Å²) in [5, 5.41) is 16.1. The summed E-state index contributed by atoms with van der Waals surface area (Å²) in [7, 11) is 0. The zero-order chi connectivity index (χ0) is 12.0. The lowest BCUT2D eigenvalue weighted by Crippen LogP contribution is -2.44. The van der Waals surface area contributed by atoms with Crippen molar-refractivity contribution in [2.45, 2.75) is 45.1 Å². The third kappa shape index (κ3) is 4.10. The van der Waals surface area contributed by atoms with Crippen molar-refractivity contribution < 1.29 is 9.90 Å². The van der Waals surface area contributed by atoms with Crippen molar-refractivity contribution in [3.63, 3.8) is 0 Å². The molecule has 0 heterocycles. The highest BCUT2D eigenvalue weighted by Gasteiger charge is 2.31. The van der Waals surface area contributed by atoms with E-state index in [0.717, 1.165) is 32.2 Å². The van der Waals surface area contributed by atoms with E-state index in [1.165, 1.54) is 0 Å². The second-order valence-electron chi connectivity index (χ2n) is 4.86. The number of hydrogen-bond acceptors (Lipinski definition) is 3. The number of carbonyl (C=O) groups excluding carboxylic acids is 1. The molecular weight excluding hydrogens is 204 g/mol. The molecule has 1 aliphatic rings. The van der Waals surface area contributed by atoms with Gasteiger partial charge in [-0.05, 0) is 19.4 Å². The zero-order valence-corrected chi connectivity index (χ0v) is 10.4. The molecule has 1 amide bonds. The van der Waals surface area contributed by atoms with Crippen molar-refractivity contribution in [2.24, 2.45) is 5.92 Å². The van der Waals surface area contributed by atoms with E-state index in [4.69, 9.17) is 0 Å². The summed E-state index contributed by atoms with van der Waals surface area (Å²) in [6.45, 7) is 5.90. The van der Waals surface area contributed by atoms with E-state index in [9.17, 15) is 9.90 Å². The molecule has 0 radical (unpaired) electrons. The van der Waals surface area contributed by atoms with Gasteiger partial charge in [0.25, 0.3) is 0 Å². The lowest BCUT2D eigenvalue weighted by atomic mass is 10.0. The first-order valence-corrected chi connectivity index (χ1v) is 6.28. The van der Waals surface area contributed by atoms with Crippen molar-refractivity contribution in [3.05, 3.63) is 0 Å². The Morgan fingerprint density at radius 2 is 2.06 bits per heavy atom. The fraction of sp³-hybridized carbons (Fsp3) is 0.917. The molecule has 16 heavy (non-hydrogen) atoms. The maximum atomic E-state index is 11.7. The quantitative estimate of drug-likeness (QED) is 0.625. The average molecular weight is 228 g/mol. The first-order chi connectivity index (χ1) is 7.57. The van der Waals surface area contributed by atoms with Gasteiger partial charge in [0.05, 0.1) is 5.60 Å². The van der Waals surface area contributed by atoms with Crippen LogP contribution in [0.25, 0.3) is 0 Å². The molecule has 0 aromatic heterocycles. The van der Waals surface area contributed by atoms with Gasteiger partial charge in [0.2, 0.25) is 5.91 Å². The van der Waals surface area contributed by atoms with Crippen LogP contribution < -0.4 is 10.6 Å². The highest BCUT2D eigenvalue weighted by molar-refractivity contribution is 5.78. The standard InChI is InChI=1S/C12H24N2O2/c1-3-13-8-10(2)11(15)14-9-12(16)6-4-5-7-12/h10,13,16H,3-9H2,1-2H3,(H,14,15). The molecule has 1 aliphatic carbocycles. The van der Waals surface area contributed by atoms with E-state index >= 15 is 0 Å². The van der Waals surface area contributed by atoms with Crippen LogP contribution in [-0.4, -0.2) is 36.2 Å². The Hall–Kier alpha value is -0.610. The lowest BCUT2D eigenvalue weighted by molar-refractivity contribution is -0.125. The van der Waals surface area contributed by atoms with E-state index in [0.29, 0.717) is 13.1 Å². The van der Waals surface area contributed by atoms with Crippen LogP contribution in [0.1, 0.15) is 39.5 Å². The number of nitrogens with one attached hydrogen (secondary N) is 2. The third-order valence-corrected chi connectivity index (χ3v) is 3.27. The summed E-state index contributed by atoms with van der Waals surface area (Å²) in [6.07, 6.45) is 3.77. The zero-order valence-electron chi connectivity index (χ0n) is 10.4. The molecule has 1 unspecified atom stereocenters. The van der Waals surface area contributed by atoms with Gasteiger partial charge < -0.3 is 15.7 Å². The molecule has 3 N–H and O–H groups in total. The number of hydrogen-bond donors (Lipinski definition) is 3. The molecule has 0 saturated heterocycles. The molecule has 1 rings (SSSR count). The molecular formula is C12H24N2O2. The number of carbonyl (C=O) groups is 1. The number of amides is 1. The fourth-order valence-electron chi connectivity index (χ4n) is 2.09. The Morgan fingerprint density at radius 3 is 2.62 bits per heavy atom. The third-order valence-electron chi connectivity index (χ3n) is 3.27. The molecule has 1 atom stereocenters. The van der Waals surface area contributed by atoms with Gasteiger partial charge in [0, 0.05) is 19.0 Å². The van der Waals surface area contributed by atoms with Gasteiger partial charge in [-0.2, -0.15) is 0 Å². The highest BCUT2D eigenvalue weighted by Crippen LogP contribution is 2.28. The van der Waals surface area contributed by atoms with Crippen LogP contribution in [0, 0.1) is 5.92 Å². The van der Waals surface area contributed by atoms with Gasteiger partial charge in [-0.25, -0.2) is 0 Å². The largest absolute Gasteiger partial charge is 0.388 e. The number of aliphatic hydroxyl groups is 1. The van der Waals surface area contributed by atoms with E-state index < -0.39 is 5.60 Å². The molecule has 0 bridgehead atoms. The van der Waals surface area contributed by atoms with Crippen LogP contribution in [0.15, 0.2) is 0 Å². The van der Waals surface area contributed by atoms with E-state index in [1.54, 1.807) is 0 Å². The van der Waals surface area contributed by atoms with Crippen LogP contribution in [-0.2, 0) is 4.79 Å². The van der Waals surface area contributed by atoms with Crippen molar-refractivity contribution in [1.29, 1.82) is 0 Å². The van der Waals surface area contributed by atoms with Crippen molar-refractivity contribution in [2.75, 3.05) is 19.6 Å². The van der Waals surface area contributed by atoms with E-state index in [-0.39, 0.29) is 11.8 Å². The Balaban J connectivity index is 2.23. The van der Waals surface area contributed by atoms with Gasteiger partial charge in [0.1, 0.15) is 0 Å². The molecule has 0 aromatic carbocycles. The van der Waals surface area contributed by atoms with Crippen molar-refractivity contribution in [1.82, 2.24) is 10.6 Å². The van der Waals surface area contributed by atoms with Crippen molar-refractivity contribution >= 4 is 5.91 Å². The SMILES string of the molecule is CCNCC(C)C(=O)NCC1(O)CCCC1. The van der Waals surface area contributed by atoms with Gasteiger partial charge in [0.15, 0.2) is 0 Å². The summed E-state index contributed by atoms with van der Waals surface area (Å²) < 4.78 is 0. The molecule has 94 valence electrons. The maximum Gasteiger partial charge on any atom is 0.224 e. The monoisotopic (exact) mass is 228 g/mol. The summed E-state index contributed by atoms with van der Waals surface area (Å²) >= 11 is 0. The first-order valence-electron chi connectivity index (χ1n) is 6.28. The van der Waals surface area contributed by atoms with E-state index in [2.05, 4.69) is 10.6 Å². The summed E-state index contributed by atoms with van der Waals surface area (Å²) in [6, 6.07) is 0. The predicted octanol–water partition coefficient (Wildman–Crippen LogP) is 0.653. The van der Waals surface area contributed by atoms with Gasteiger partial charge in [-0.1, -0.05) is 26.7 Å². The van der Waals surface area contributed by atoms with Gasteiger partial charge in [-0.15, -0.1) is 0 Å². The first kappa shape index (κ1) is 13.5. The highest BCUT2D eigenvalue weighted by atomic mass is 16.3. The lowest BCUT2D eigenvalue weighted by Gasteiger charge is -2.23. The summed E-state index contributed by atoms with van der Waals surface area (Å²) in [5.74, 6) is -0.00812. The predicted molar refractivity (Wildman–Crippen MR) is 64.1 cm³/mol. The Bertz CT molecular complexity index is 225. The Labute approximate surface area is 97.8 Å². The molecule has 0 spiro atoms. The molecule has 0 aromatic rings. The topological polar surface area (TPSA) is 61.4 Å². The smallest absolute Gasteiger partial charge is 0.224 e. The molecule has 4 nitrogen and oxygen atoms in total. The average Bonchev–Trinajstić information content (AvgIpc) is 2.70. The molecule has 1 saturated carbocycles. The van der Waals surface area contributed by atoms with Crippen LogP contribution in [0.3, 0.4) is 0 Å². The minimum Gasteiger partial charge on any atom is -0.388 e. The fourth-order valence-corrected chi connectivity index (χ4v) is 2.09. The Morgan fingerprint density at radius 1 is 1.44 bits per heavy atom. The molecule has 4 heteroatoms. The molecule has 0 aliphatic heterocycles. The van der Waals surface area contributed by atoms with Gasteiger partial charge >= 0.3 is 0 Å². The summed E-state index contributed by atoms with van der Waals surface area (Å²) in [4.78, 5) is 11.7. The van der Waals surface area contributed by atoms with Crippen LogP contribution in [0.4, 0.5) is 0 Å². The minimum atomic E-state index is -0.645. The summed E-state index contributed by atoms with van der Waals surface area (Å²) in [5.41, 5.74) is -0.645. The van der Waals surface area contributed by atoms with Gasteiger partial charge in [-0.3, -0.25) is 4.79 Å².